The molecule has 0 amide bonds. The molecule has 5 rings (SSSR count). The summed E-state index contributed by atoms with van der Waals surface area (Å²) in [5.74, 6) is -0.0954. The van der Waals surface area contributed by atoms with Crippen molar-refractivity contribution in [2.24, 2.45) is 0 Å². The molecule has 0 radical (unpaired) electrons. The van der Waals surface area contributed by atoms with Crippen molar-refractivity contribution >= 4 is 9.84 Å². The van der Waals surface area contributed by atoms with Crippen LogP contribution >= 0.6 is 0 Å². The number of nitrogens with zero attached hydrogens (tertiary/aromatic N) is 2. The summed E-state index contributed by atoms with van der Waals surface area (Å²) in [5, 5.41) is 10.6. The van der Waals surface area contributed by atoms with Gasteiger partial charge in [0.2, 0.25) is 15.7 Å². The number of hydrogen-bond donors (Lipinski definition) is 1. The Morgan fingerprint density at radius 2 is 1.82 bits per heavy atom. The van der Waals surface area contributed by atoms with Crippen LogP contribution in [0.3, 0.4) is 0 Å². The fraction of sp³-hybridized carbons (Fsp3) is 0.360. The summed E-state index contributed by atoms with van der Waals surface area (Å²) < 4.78 is 33.8. The molecule has 2 aliphatic rings. The van der Waals surface area contributed by atoms with Crippen molar-refractivity contribution in [1.29, 1.82) is 0 Å². The van der Waals surface area contributed by atoms with Crippen LogP contribution in [0, 0.1) is 0 Å². The zero-order valence-corrected chi connectivity index (χ0v) is 19.2. The fourth-order valence-corrected chi connectivity index (χ4v) is 6.00. The van der Waals surface area contributed by atoms with Gasteiger partial charge in [0.05, 0.1) is 10.9 Å². The van der Waals surface area contributed by atoms with Gasteiger partial charge in [-0.2, -0.15) is 4.98 Å². The van der Waals surface area contributed by atoms with Crippen molar-refractivity contribution < 1.29 is 18.3 Å². The lowest BCUT2D eigenvalue weighted by Gasteiger charge is -2.21. The molecule has 0 spiro atoms. The summed E-state index contributed by atoms with van der Waals surface area (Å²) in [6.45, 7) is 2.21. The molecule has 1 heterocycles. The van der Waals surface area contributed by atoms with Gasteiger partial charge in [-0.15, -0.1) is 0 Å². The van der Waals surface area contributed by atoms with Crippen LogP contribution in [0.1, 0.15) is 60.7 Å². The molecule has 8 heteroatoms. The van der Waals surface area contributed by atoms with E-state index < -0.39 is 26.2 Å². The highest BCUT2D eigenvalue weighted by Crippen LogP contribution is 2.40. The Balaban J connectivity index is 1.65. The minimum absolute atomic E-state index is 0.00558. The van der Waals surface area contributed by atoms with Gasteiger partial charge in [0.1, 0.15) is 12.4 Å². The van der Waals surface area contributed by atoms with Crippen LogP contribution in [0.4, 0.5) is 0 Å². The minimum atomic E-state index is -4.28. The first-order valence-corrected chi connectivity index (χ1v) is 12.7. The highest BCUT2D eigenvalue weighted by molar-refractivity contribution is 7.91. The summed E-state index contributed by atoms with van der Waals surface area (Å²) in [7, 11) is -4.28. The van der Waals surface area contributed by atoms with Crippen LogP contribution in [0.25, 0.3) is 0 Å². The quantitative estimate of drug-likeness (QED) is 0.570. The molecule has 2 aliphatic carbocycles. The van der Waals surface area contributed by atoms with Crippen molar-refractivity contribution in [3.05, 3.63) is 81.4 Å². The normalized spacial score (nSPS) is 17.8. The number of sulfone groups is 1. The van der Waals surface area contributed by atoms with Gasteiger partial charge in [-0.1, -0.05) is 36.4 Å². The second kappa shape index (κ2) is 8.43. The second-order valence-corrected chi connectivity index (χ2v) is 10.5. The number of aromatic nitrogens is 2. The van der Waals surface area contributed by atoms with E-state index in [0.29, 0.717) is 18.9 Å². The maximum absolute atomic E-state index is 13.7. The van der Waals surface area contributed by atoms with E-state index in [4.69, 9.17) is 4.74 Å². The zero-order valence-electron chi connectivity index (χ0n) is 18.4. The summed E-state index contributed by atoms with van der Waals surface area (Å²) in [5.41, 5.74) is 2.39. The Morgan fingerprint density at radius 1 is 1.09 bits per heavy atom. The molecule has 33 heavy (non-hydrogen) atoms. The maximum Gasteiger partial charge on any atom is 0.277 e. The third-order valence-corrected chi connectivity index (χ3v) is 8.27. The van der Waals surface area contributed by atoms with Gasteiger partial charge in [-0.3, -0.25) is 9.36 Å². The van der Waals surface area contributed by atoms with Gasteiger partial charge >= 0.3 is 0 Å². The first-order valence-electron chi connectivity index (χ1n) is 11.3. The van der Waals surface area contributed by atoms with Crippen LogP contribution < -0.4 is 5.56 Å². The average Bonchev–Trinajstić information content (AvgIpc) is 3.58. The van der Waals surface area contributed by atoms with Gasteiger partial charge in [0, 0.05) is 6.61 Å². The van der Waals surface area contributed by atoms with Crippen LogP contribution in [-0.2, 0) is 27.6 Å². The third-order valence-electron chi connectivity index (χ3n) is 6.49. The smallest absolute Gasteiger partial charge is 0.277 e. The van der Waals surface area contributed by atoms with Gasteiger partial charge in [-0.25, -0.2) is 8.42 Å². The zero-order chi connectivity index (χ0) is 23.2. The largest absolute Gasteiger partial charge is 0.492 e. The third kappa shape index (κ3) is 3.87. The van der Waals surface area contributed by atoms with Crippen molar-refractivity contribution in [1.82, 2.24) is 9.55 Å². The molecule has 0 aliphatic heterocycles. The molecule has 2 aromatic carbocycles. The maximum atomic E-state index is 13.7. The van der Waals surface area contributed by atoms with Crippen molar-refractivity contribution in [2.45, 2.75) is 61.0 Å². The average molecular weight is 467 g/mol. The summed E-state index contributed by atoms with van der Waals surface area (Å²) in [6.07, 6.45) is 3.62. The van der Waals surface area contributed by atoms with E-state index in [9.17, 15) is 18.3 Å². The minimum Gasteiger partial charge on any atom is -0.492 e. The van der Waals surface area contributed by atoms with E-state index >= 15 is 0 Å². The predicted octanol–water partition coefficient (Wildman–Crippen LogP) is 3.73. The van der Waals surface area contributed by atoms with E-state index in [1.54, 1.807) is 12.1 Å². The number of ether oxygens (including phenoxy) is 1. The van der Waals surface area contributed by atoms with Crippen LogP contribution in [0.2, 0.25) is 0 Å². The number of hydrogen-bond acceptors (Lipinski definition) is 6. The Bertz CT molecular complexity index is 1360. The number of fused-ring (bicyclic) bond motifs is 1. The lowest BCUT2D eigenvalue weighted by molar-refractivity contribution is 0.122. The van der Waals surface area contributed by atoms with E-state index in [1.165, 1.54) is 16.7 Å². The standard InChI is InChI=1S/C25H26N2O5S/c1-2-32-15-22-26-24(28)23(33(30,31)19-12-9-17(10-13-19)16-7-8-16)25(29)27(22)21-14-11-18-5-3-4-6-20(18)21/h3-6,9-10,12-13,16,21,28H,2,7-8,11,14-15H2,1H3/t21-/m0/s1. The monoisotopic (exact) mass is 466 g/mol. The molecule has 1 saturated carbocycles. The molecule has 0 saturated heterocycles. The molecular formula is C25H26N2O5S. The lowest BCUT2D eigenvalue weighted by atomic mass is 10.1. The van der Waals surface area contributed by atoms with Crippen molar-refractivity contribution in [3.63, 3.8) is 0 Å². The Morgan fingerprint density at radius 3 is 2.52 bits per heavy atom. The van der Waals surface area contributed by atoms with Crippen molar-refractivity contribution in [2.75, 3.05) is 6.61 Å². The van der Waals surface area contributed by atoms with E-state index in [1.807, 2.05) is 31.2 Å². The molecule has 1 fully saturated rings. The predicted molar refractivity (Wildman–Crippen MR) is 122 cm³/mol. The summed E-state index contributed by atoms with van der Waals surface area (Å²) in [6, 6.07) is 14.0. The number of benzene rings is 2. The molecule has 1 aromatic heterocycles. The van der Waals surface area contributed by atoms with E-state index in [-0.39, 0.29) is 23.4 Å². The lowest BCUT2D eigenvalue weighted by Crippen LogP contribution is -2.33. The second-order valence-electron chi connectivity index (χ2n) is 8.59. The molecule has 1 N–H and O–H groups in total. The van der Waals surface area contributed by atoms with Crippen LogP contribution in [0.5, 0.6) is 5.88 Å². The number of aromatic hydroxyl groups is 1. The van der Waals surface area contributed by atoms with Gasteiger partial charge in [0.15, 0.2) is 4.90 Å². The summed E-state index contributed by atoms with van der Waals surface area (Å²) >= 11 is 0. The fourth-order valence-electron chi connectivity index (χ4n) is 4.66. The molecule has 172 valence electrons. The van der Waals surface area contributed by atoms with E-state index in [0.717, 1.165) is 36.0 Å². The van der Waals surface area contributed by atoms with E-state index in [2.05, 4.69) is 4.98 Å². The van der Waals surface area contributed by atoms with Gasteiger partial charge < -0.3 is 9.84 Å². The highest BCUT2D eigenvalue weighted by Gasteiger charge is 2.34. The first kappa shape index (κ1) is 21.9. The van der Waals surface area contributed by atoms with Crippen LogP contribution in [0.15, 0.2) is 63.1 Å². The Hall–Kier alpha value is -2.97. The Labute approximate surface area is 192 Å². The molecule has 1 atom stereocenters. The summed E-state index contributed by atoms with van der Waals surface area (Å²) in [4.78, 5) is 17.1. The Kier molecular flexibility index (Phi) is 5.58. The van der Waals surface area contributed by atoms with Crippen LogP contribution in [-0.4, -0.2) is 29.7 Å². The molecular weight excluding hydrogens is 440 g/mol. The topological polar surface area (TPSA) is 98.5 Å². The SMILES string of the molecule is CCOCc1nc(O)c(S(=O)(=O)c2ccc(C3CC3)cc2)c(=O)n1[C@H]1CCc2ccccc21. The molecule has 0 unspecified atom stereocenters. The van der Waals surface area contributed by atoms with Gasteiger partial charge in [0.25, 0.3) is 5.56 Å². The van der Waals surface area contributed by atoms with Gasteiger partial charge in [-0.05, 0) is 67.3 Å². The first-order chi connectivity index (χ1) is 15.9. The van der Waals surface area contributed by atoms with Crippen molar-refractivity contribution in [3.8, 4) is 5.88 Å². The number of aryl methyl sites for hydroxylation is 1. The molecule has 3 aromatic rings. The highest BCUT2D eigenvalue weighted by atomic mass is 32.2. The molecule has 7 nitrogen and oxygen atoms in total. The molecule has 0 bridgehead atoms. The number of rotatable bonds is 7.